The quantitative estimate of drug-likeness (QED) is 0.280. The van der Waals surface area contributed by atoms with E-state index in [1.54, 1.807) is 18.1 Å². The first-order valence-corrected chi connectivity index (χ1v) is 4.46. The van der Waals surface area contributed by atoms with Crippen molar-refractivity contribution in [3.8, 4) is 6.07 Å². The summed E-state index contributed by atoms with van der Waals surface area (Å²) >= 11 is 0. The monoisotopic (exact) mass is 211 g/mol. The molecule has 0 aromatic rings. The lowest BCUT2D eigenvalue weighted by molar-refractivity contribution is 0.345. The summed E-state index contributed by atoms with van der Waals surface area (Å²) in [4.78, 5) is 5.86. The summed E-state index contributed by atoms with van der Waals surface area (Å²) in [6, 6.07) is 2.01. The van der Waals surface area contributed by atoms with Gasteiger partial charge in [-0.15, -0.1) is 0 Å². The molecule has 0 spiro atoms. The summed E-state index contributed by atoms with van der Waals surface area (Å²) in [5, 5.41) is 8.75. The Balaban J connectivity index is 4.37. The molecule has 1 atom stereocenters. The highest BCUT2D eigenvalue weighted by Crippen LogP contribution is 1.99. The van der Waals surface area contributed by atoms with Gasteiger partial charge < -0.3 is 15.1 Å². The predicted molar refractivity (Wildman–Crippen MR) is 58.6 cm³/mol. The van der Waals surface area contributed by atoms with Gasteiger partial charge in [0, 0.05) is 20.3 Å². The van der Waals surface area contributed by atoms with Gasteiger partial charge in [0.05, 0.1) is 7.11 Å². The van der Waals surface area contributed by atoms with Crippen molar-refractivity contribution in [2.75, 3.05) is 21.2 Å². The molecule has 0 fully saturated rings. The number of hydrogen-bond donors (Lipinski definition) is 2. The number of rotatable bonds is 6. The lowest BCUT2D eigenvalue weighted by atomic mass is 10.4. The van der Waals surface area contributed by atoms with Gasteiger partial charge >= 0.3 is 0 Å². The second-order valence-corrected chi connectivity index (χ2v) is 2.82. The summed E-state index contributed by atoms with van der Waals surface area (Å²) in [5.41, 5.74) is 5.79. The predicted octanol–water partition coefficient (Wildman–Crippen LogP) is 0.0279. The van der Waals surface area contributed by atoms with E-state index >= 15 is 0 Å². The van der Waals surface area contributed by atoms with Gasteiger partial charge in [0.2, 0.25) is 0 Å². The first-order chi connectivity index (χ1) is 7.15. The number of nitrogens with one attached hydrogen (secondary N) is 2. The minimum Gasteiger partial charge on any atom is -0.487 e. The van der Waals surface area contributed by atoms with Crippen molar-refractivity contribution in [3.05, 3.63) is 11.9 Å². The van der Waals surface area contributed by atoms with E-state index in [-0.39, 0.29) is 6.17 Å². The maximum absolute atomic E-state index is 8.75. The number of aliphatic imine (C=N–C) groups is 1. The van der Waals surface area contributed by atoms with E-state index in [1.165, 1.54) is 13.5 Å². The lowest BCUT2D eigenvalue weighted by Gasteiger charge is -2.19. The van der Waals surface area contributed by atoms with Crippen LogP contribution in [-0.2, 0) is 4.74 Å². The van der Waals surface area contributed by atoms with Gasteiger partial charge in [-0.25, -0.2) is 10.4 Å². The Kier molecular flexibility index (Phi) is 6.76. The maximum atomic E-state index is 8.75. The van der Waals surface area contributed by atoms with Crippen molar-refractivity contribution in [1.29, 1.82) is 5.26 Å². The molecule has 84 valence electrons. The Hall–Kier alpha value is -1.74. The molecule has 1 unspecified atom stereocenters. The molecule has 6 heteroatoms. The molecular weight excluding hydrogens is 194 g/mol. The Morgan fingerprint density at radius 3 is 2.80 bits per heavy atom. The van der Waals surface area contributed by atoms with Crippen molar-refractivity contribution in [2.24, 2.45) is 4.99 Å². The SMILES string of the molecule is CNN/C(C#N)=C\N(C)C(C)/N=C\OC. The molecule has 0 heterocycles. The van der Waals surface area contributed by atoms with Crippen LogP contribution < -0.4 is 10.9 Å². The molecule has 0 rings (SSSR count). The molecule has 0 aliphatic rings. The molecule has 0 bridgehead atoms. The number of nitrogens with zero attached hydrogens (tertiary/aromatic N) is 3. The molecule has 0 amide bonds. The average molecular weight is 211 g/mol. The molecule has 15 heavy (non-hydrogen) atoms. The zero-order chi connectivity index (χ0) is 11.7. The fraction of sp³-hybridized carbons (Fsp3) is 0.556. The third-order valence-electron chi connectivity index (χ3n) is 1.68. The normalized spacial score (nSPS) is 13.4. The van der Waals surface area contributed by atoms with Crippen LogP contribution in [0.25, 0.3) is 0 Å². The van der Waals surface area contributed by atoms with Crippen molar-refractivity contribution in [2.45, 2.75) is 13.1 Å². The van der Waals surface area contributed by atoms with E-state index in [9.17, 15) is 0 Å². The molecule has 0 saturated heterocycles. The van der Waals surface area contributed by atoms with Crippen LogP contribution in [0.5, 0.6) is 0 Å². The van der Waals surface area contributed by atoms with E-state index < -0.39 is 0 Å². The Labute approximate surface area is 90.2 Å². The topological polar surface area (TPSA) is 72.7 Å². The fourth-order valence-corrected chi connectivity index (χ4v) is 0.789. The average Bonchev–Trinajstić information content (AvgIpc) is 2.24. The molecule has 0 radical (unpaired) electrons. The number of nitriles is 1. The standard InChI is InChI=1S/C9H17N5O/c1-8(12-7-15-4)14(3)6-9(5-10)13-11-2/h6-8,11,13H,1-4H3/b9-6-,12-7-. The van der Waals surface area contributed by atoms with Crippen LogP contribution in [0.1, 0.15) is 6.92 Å². The molecule has 0 aromatic heterocycles. The largest absolute Gasteiger partial charge is 0.487 e. The third-order valence-corrected chi connectivity index (χ3v) is 1.68. The first kappa shape index (κ1) is 13.3. The number of hydrazine groups is 1. The minimum atomic E-state index is -0.0908. The number of allylic oxidation sites excluding steroid dienone is 1. The second kappa shape index (κ2) is 7.64. The maximum Gasteiger partial charge on any atom is 0.171 e. The number of ether oxygens (including phenoxy) is 1. The summed E-state index contributed by atoms with van der Waals surface area (Å²) in [6.45, 7) is 1.89. The van der Waals surface area contributed by atoms with Crippen LogP contribution in [0, 0.1) is 11.3 Å². The minimum absolute atomic E-state index is 0.0908. The fourth-order valence-electron chi connectivity index (χ4n) is 0.789. The van der Waals surface area contributed by atoms with Gasteiger partial charge in [-0.2, -0.15) is 5.26 Å². The molecule has 0 aromatic carbocycles. The van der Waals surface area contributed by atoms with Crippen LogP contribution >= 0.6 is 0 Å². The highest BCUT2D eigenvalue weighted by molar-refractivity contribution is 5.46. The molecule has 0 aliphatic heterocycles. The van der Waals surface area contributed by atoms with Crippen LogP contribution in [0.2, 0.25) is 0 Å². The van der Waals surface area contributed by atoms with Gasteiger partial charge in [0.25, 0.3) is 0 Å². The van der Waals surface area contributed by atoms with Crippen LogP contribution in [0.3, 0.4) is 0 Å². The van der Waals surface area contributed by atoms with Crippen molar-refractivity contribution >= 4 is 6.40 Å². The molecule has 2 N–H and O–H groups in total. The van der Waals surface area contributed by atoms with E-state index in [0.29, 0.717) is 5.70 Å². The summed E-state index contributed by atoms with van der Waals surface area (Å²) < 4.78 is 4.71. The zero-order valence-corrected chi connectivity index (χ0v) is 9.48. The molecular formula is C9H17N5O. The van der Waals surface area contributed by atoms with Crippen molar-refractivity contribution < 1.29 is 4.74 Å². The van der Waals surface area contributed by atoms with Gasteiger partial charge in [0.1, 0.15) is 17.9 Å². The first-order valence-electron chi connectivity index (χ1n) is 4.46. The zero-order valence-electron chi connectivity index (χ0n) is 9.48. The van der Waals surface area contributed by atoms with Crippen LogP contribution in [0.4, 0.5) is 0 Å². The van der Waals surface area contributed by atoms with E-state index in [2.05, 4.69) is 15.8 Å². The smallest absolute Gasteiger partial charge is 0.171 e. The highest BCUT2D eigenvalue weighted by Gasteiger charge is 2.03. The van der Waals surface area contributed by atoms with Gasteiger partial charge in [-0.1, -0.05) is 0 Å². The van der Waals surface area contributed by atoms with Crippen LogP contribution in [-0.4, -0.2) is 38.7 Å². The van der Waals surface area contributed by atoms with Crippen molar-refractivity contribution in [3.63, 3.8) is 0 Å². The summed E-state index contributed by atoms with van der Waals surface area (Å²) in [6.07, 6.45) is 2.94. The van der Waals surface area contributed by atoms with Gasteiger partial charge in [0.15, 0.2) is 6.40 Å². The van der Waals surface area contributed by atoms with E-state index in [1.807, 2.05) is 20.0 Å². The van der Waals surface area contributed by atoms with E-state index in [0.717, 1.165) is 0 Å². The highest BCUT2D eigenvalue weighted by atomic mass is 16.5. The van der Waals surface area contributed by atoms with E-state index in [4.69, 9.17) is 10.00 Å². The molecule has 0 saturated carbocycles. The summed E-state index contributed by atoms with van der Waals surface area (Å²) in [5.74, 6) is 0. The number of hydrogen-bond acceptors (Lipinski definition) is 6. The lowest BCUT2D eigenvalue weighted by Crippen LogP contribution is -2.29. The molecule has 0 aliphatic carbocycles. The third kappa shape index (κ3) is 5.54. The number of methoxy groups -OCH3 is 1. The Bertz CT molecular complexity index is 268. The van der Waals surface area contributed by atoms with Crippen LogP contribution in [0.15, 0.2) is 16.9 Å². The molecule has 6 nitrogen and oxygen atoms in total. The summed E-state index contributed by atoms with van der Waals surface area (Å²) in [7, 11) is 5.05. The van der Waals surface area contributed by atoms with Gasteiger partial charge in [-0.3, -0.25) is 0 Å². The van der Waals surface area contributed by atoms with Crippen molar-refractivity contribution in [1.82, 2.24) is 15.8 Å². The van der Waals surface area contributed by atoms with Gasteiger partial charge in [-0.05, 0) is 6.92 Å². The second-order valence-electron chi connectivity index (χ2n) is 2.82. The Morgan fingerprint density at radius 1 is 1.67 bits per heavy atom. The Morgan fingerprint density at radius 2 is 2.33 bits per heavy atom.